The quantitative estimate of drug-likeness (QED) is 0.444. The van der Waals surface area contributed by atoms with Crippen LogP contribution < -0.4 is 10.1 Å². The second-order valence-electron chi connectivity index (χ2n) is 6.20. The number of nitrogens with one attached hydrogen (secondary N) is 1. The summed E-state index contributed by atoms with van der Waals surface area (Å²) < 4.78 is 38.8. The van der Waals surface area contributed by atoms with Gasteiger partial charge in [-0.05, 0) is 24.3 Å². The number of carboxylic acid groups (broad SMARTS) is 1. The maximum absolute atomic E-state index is 14.5. The van der Waals surface area contributed by atoms with Crippen molar-refractivity contribution in [1.29, 1.82) is 0 Å². The molecule has 0 radical (unpaired) electrons. The first-order valence-corrected chi connectivity index (χ1v) is 9.45. The van der Waals surface area contributed by atoms with Gasteiger partial charge in [-0.15, -0.1) is 11.3 Å². The van der Waals surface area contributed by atoms with Crippen LogP contribution in [0.2, 0.25) is 0 Å². The van der Waals surface area contributed by atoms with Gasteiger partial charge in [0, 0.05) is 21.9 Å². The summed E-state index contributed by atoms with van der Waals surface area (Å²) in [4.78, 5) is 24.4. The van der Waals surface area contributed by atoms with Gasteiger partial charge in [-0.1, -0.05) is 18.2 Å². The molecule has 0 aliphatic carbocycles. The second-order valence-corrected chi connectivity index (χ2v) is 7.08. The van der Waals surface area contributed by atoms with Crippen LogP contribution in [0, 0.1) is 11.6 Å². The number of halogens is 2. The predicted molar refractivity (Wildman–Crippen MR) is 107 cm³/mol. The van der Waals surface area contributed by atoms with Gasteiger partial charge in [-0.2, -0.15) is 4.39 Å². The molecular formula is C21H13F2NO5S. The summed E-state index contributed by atoms with van der Waals surface area (Å²) in [6, 6.07) is 10.9. The Morgan fingerprint density at radius 3 is 2.57 bits per heavy atom. The van der Waals surface area contributed by atoms with E-state index in [1.807, 2.05) is 0 Å². The Hall–Kier alpha value is -3.72. The molecule has 2 heterocycles. The number of aromatic carboxylic acids is 1. The molecule has 30 heavy (non-hydrogen) atoms. The highest BCUT2D eigenvalue weighted by molar-refractivity contribution is 7.15. The molecule has 4 aromatic rings. The molecular weight excluding hydrogens is 416 g/mol. The van der Waals surface area contributed by atoms with Crippen LogP contribution in [0.1, 0.15) is 20.9 Å². The smallest absolute Gasteiger partial charge is 0.339 e. The van der Waals surface area contributed by atoms with E-state index >= 15 is 0 Å². The lowest BCUT2D eigenvalue weighted by Gasteiger charge is -2.08. The average molecular weight is 429 g/mol. The van der Waals surface area contributed by atoms with Crippen LogP contribution >= 0.6 is 11.3 Å². The maximum atomic E-state index is 14.5. The lowest BCUT2D eigenvalue weighted by atomic mass is 10.0. The molecule has 0 spiro atoms. The number of anilines is 1. The number of fused-ring (bicyclic) bond motifs is 1. The van der Waals surface area contributed by atoms with E-state index in [1.165, 1.54) is 30.7 Å². The third-order valence-corrected chi connectivity index (χ3v) is 5.33. The number of carboxylic acids is 1. The Balaban J connectivity index is 1.72. The molecule has 0 atom stereocenters. The predicted octanol–water partition coefficient (Wildman–Crippen LogP) is 5.40. The highest BCUT2D eigenvalue weighted by Gasteiger charge is 2.26. The average Bonchev–Trinajstić information content (AvgIpc) is 3.34. The molecule has 6 nitrogen and oxygen atoms in total. The number of rotatable bonds is 5. The standard InChI is InChI=1S/C21H13F2NO5S/c1-28-14-7-6-11(17(22)18(14)23)12-9-30-20(16(12)21(26)27)24-19(25)15-8-10-4-2-3-5-13(10)29-15/h2-9H,1H3,(H,24,25)(H,26,27). The zero-order valence-corrected chi connectivity index (χ0v) is 16.2. The number of carbonyl (C=O) groups excluding carboxylic acids is 1. The number of hydrogen-bond acceptors (Lipinski definition) is 5. The summed E-state index contributed by atoms with van der Waals surface area (Å²) in [6.07, 6.45) is 0. The number of ether oxygens (including phenoxy) is 1. The summed E-state index contributed by atoms with van der Waals surface area (Å²) >= 11 is 0.879. The monoisotopic (exact) mass is 429 g/mol. The number of para-hydroxylation sites is 1. The van der Waals surface area contributed by atoms with Gasteiger partial charge in [0.2, 0.25) is 5.82 Å². The van der Waals surface area contributed by atoms with Crippen molar-refractivity contribution in [3.05, 3.63) is 70.8 Å². The van der Waals surface area contributed by atoms with Gasteiger partial charge in [-0.3, -0.25) is 4.79 Å². The molecule has 9 heteroatoms. The lowest BCUT2D eigenvalue weighted by Crippen LogP contribution is -2.12. The molecule has 2 aromatic carbocycles. The molecule has 2 aromatic heterocycles. The molecule has 0 saturated carbocycles. The Labute approximate surface area is 172 Å². The largest absolute Gasteiger partial charge is 0.494 e. The minimum absolute atomic E-state index is 0.0100. The minimum atomic E-state index is -1.40. The van der Waals surface area contributed by atoms with E-state index in [2.05, 4.69) is 5.32 Å². The second kappa shape index (κ2) is 7.60. The molecule has 0 saturated heterocycles. The van der Waals surface area contributed by atoms with Crippen LogP contribution in [0.4, 0.5) is 13.8 Å². The summed E-state index contributed by atoms with van der Waals surface area (Å²) in [5, 5.41) is 14.1. The normalized spacial score (nSPS) is 10.9. The van der Waals surface area contributed by atoms with Gasteiger partial charge in [0.25, 0.3) is 5.91 Å². The number of methoxy groups -OCH3 is 1. The SMILES string of the molecule is COc1ccc(-c2csc(NC(=O)c3cc4ccccc4o3)c2C(=O)O)c(F)c1F. The Morgan fingerprint density at radius 1 is 1.10 bits per heavy atom. The number of carbonyl (C=O) groups is 2. The van der Waals surface area contributed by atoms with E-state index in [0.717, 1.165) is 11.3 Å². The zero-order chi connectivity index (χ0) is 21.4. The van der Waals surface area contributed by atoms with E-state index in [-0.39, 0.29) is 33.2 Å². The van der Waals surface area contributed by atoms with Crippen molar-refractivity contribution in [1.82, 2.24) is 0 Å². The highest BCUT2D eigenvalue weighted by Crippen LogP contribution is 2.39. The van der Waals surface area contributed by atoms with Crippen molar-refractivity contribution in [2.75, 3.05) is 12.4 Å². The first-order valence-electron chi connectivity index (χ1n) is 8.57. The highest BCUT2D eigenvalue weighted by atomic mass is 32.1. The number of furan rings is 1. The van der Waals surface area contributed by atoms with Crippen LogP contribution in [0.3, 0.4) is 0 Å². The van der Waals surface area contributed by atoms with Crippen LogP contribution in [-0.2, 0) is 0 Å². The topological polar surface area (TPSA) is 88.8 Å². The van der Waals surface area contributed by atoms with Gasteiger partial charge in [0.1, 0.15) is 16.1 Å². The minimum Gasteiger partial charge on any atom is -0.494 e. The number of hydrogen-bond donors (Lipinski definition) is 2. The summed E-state index contributed by atoms with van der Waals surface area (Å²) in [5.74, 6) is -4.86. The molecule has 4 rings (SSSR count). The van der Waals surface area contributed by atoms with Crippen LogP contribution in [0.15, 0.2) is 52.3 Å². The van der Waals surface area contributed by atoms with E-state index in [4.69, 9.17) is 9.15 Å². The molecule has 152 valence electrons. The third kappa shape index (κ3) is 3.29. The fraction of sp³-hybridized carbons (Fsp3) is 0.0476. The van der Waals surface area contributed by atoms with Gasteiger partial charge in [-0.25, -0.2) is 9.18 Å². The molecule has 2 N–H and O–H groups in total. The van der Waals surface area contributed by atoms with Crippen LogP contribution in [0.25, 0.3) is 22.1 Å². The zero-order valence-electron chi connectivity index (χ0n) is 15.4. The van der Waals surface area contributed by atoms with Gasteiger partial charge < -0.3 is 19.6 Å². The number of amides is 1. The fourth-order valence-corrected chi connectivity index (χ4v) is 3.96. The molecule has 0 aliphatic heterocycles. The Kier molecular flexibility index (Phi) is 4.96. The first-order chi connectivity index (χ1) is 14.4. The van der Waals surface area contributed by atoms with Crippen LogP contribution in [0.5, 0.6) is 5.75 Å². The van der Waals surface area contributed by atoms with Gasteiger partial charge in [0.15, 0.2) is 17.3 Å². The third-order valence-electron chi connectivity index (χ3n) is 4.44. The van der Waals surface area contributed by atoms with E-state index in [0.29, 0.717) is 11.0 Å². The molecule has 0 bridgehead atoms. The molecule has 0 fully saturated rings. The Bertz CT molecular complexity index is 1260. The fourth-order valence-electron chi connectivity index (χ4n) is 3.02. The van der Waals surface area contributed by atoms with E-state index in [1.54, 1.807) is 24.3 Å². The van der Waals surface area contributed by atoms with Gasteiger partial charge >= 0.3 is 5.97 Å². The Morgan fingerprint density at radius 2 is 1.87 bits per heavy atom. The van der Waals surface area contributed by atoms with Crippen molar-refractivity contribution < 1.29 is 32.6 Å². The molecule has 0 unspecified atom stereocenters. The van der Waals surface area contributed by atoms with E-state index < -0.39 is 23.5 Å². The lowest BCUT2D eigenvalue weighted by molar-refractivity contribution is 0.0699. The summed E-state index contributed by atoms with van der Waals surface area (Å²) in [6.45, 7) is 0. The maximum Gasteiger partial charge on any atom is 0.339 e. The number of benzene rings is 2. The van der Waals surface area contributed by atoms with Crippen molar-refractivity contribution >= 4 is 39.2 Å². The molecule has 1 amide bonds. The van der Waals surface area contributed by atoms with Crippen molar-refractivity contribution in [2.45, 2.75) is 0 Å². The summed E-state index contributed by atoms with van der Waals surface area (Å²) in [5.41, 5.74) is -0.172. The molecule has 0 aliphatic rings. The van der Waals surface area contributed by atoms with Crippen molar-refractivity contribution in [3.63, 3.8) is 0 Å². The van der Waals surface area contributed by atoms with Crippen molar-refractivity contribution in [3.8, 4) is 16.9 Å². The van der Waals surface area contributed by atoms with Gasteiger partial charge in [0.05, 0.1) is 7.11 Å². The van der Waals surface area contributed by atoms with E-state index in [9.17, 15) is 23.5 Å². The number of thiophene rings is 1. The first kappa shape index (κ1) is 19.6. The van der Waals surface area contributed by atoms with Crippen LogP contribution in [-0.4, -0.2) is 24.1 Å². The van der Waals surface area contributed by atoms with Crippen molar-refractivity contribution in [2.24, 2.45) is 0 Å². The summed E-state index contributed by atoms with van der Waals surface area (Å²) in [7, 11) is 1.19.